The van der Waals surface area contributed by atoms with Crippen LogP contribution in [-0.2, 0) is 20.8 Å². The fourth-order valence-electron chi connectivity index (χ4n) is 4.29. The van der Waals surface area contributed by atoms with E-state index in [4.69, 9.17) is 4.74 Å². The maximum absolute atomic E-state index is 13.4. The standard InChI is InChI=1S/C27H34N2O5/c1-18(2)26-25(32)15-20(17-30)6-3-4-13-34-22-10-8-19(9-11-22)14-21(27(33)29-26)16-24(31)23-7-5-12-28-23/h5,7-12,17-18,20-21,26,28H,3-4,6,13-16H2,1-2H3,(H,29,33)/t20-,21-,26+/m1/s1. The van der Waals surface area contributed by atoms with E-state index >= 15 is 0 Å². The Bertz CT molecular complexity index is 965. The molecule has 0 saturated carbocycles. The summed E-state index contributed by atoms with van der Waals surface area (Å²) in [5.41, 5.74) is 1.36. The molecule has 7 nitrogen and oxygen atoms in total. The molecule has 2 N–H and O–H groups in total. The van der Waals surface area contributed by atoms with E-state index in [0.717, 1.165) is 30.4 Å². The van der Waals surface area contributed by atoms with Gasteiger partial charge >= 0.3 is 0 Å². The Morgan fingerprint density at radius 1 is 1.12 bits per heavy atom. The van der Waals surface area contributed by atoms with Crippen molar-refractivity contribution in [2.24, 2.45) is 17.8 Å². The van der Waals surface area contributed by atoms with Gasteiger partial charge in [0.05, 0.1) is 18.3 Å². The van der Waals surface area contributed by atoms with Crippen molar-refractivity contribution in [3.05, 3.63) is 53.9 Å². The maximum atomic E-state index is 13.4. The highest BCUT2D eigenvalue weighted by molar-refractivity contribution is 5.98. The van der Waals surface area contributed by atoms with Crippen molar-refractivity contribution in [2.45, 2.75) is 58.4 Å². The van der Waals surface area contributed by atoms with Gasteiger partial charge in [-0.05, 0) is 61.4 Å². The molecule has 1 amide bonds. The lowest BCUT2D eigenvalue weighted by molar-refractivity contribution is -0.132. The van der Waals surface area contributed by atoms with Crippen molar-refractivity contribution in [1.29, 1.82) is 0 Å². The first-order valence-corrected chi connectivity index (χ1v) is 12.0. The van der Waals surface area contributed by atoms with Gasteiger partial charge in [-0.3, -0.25) is 14.4 Å². The summed E-state index contributed by atoms with van der Waals surface area (Å²) in [5, 5.41) is 2.90. The van der Waals surface area contributed by atoms with Crippen LogP contribution in [0.15, 0.2) is 42.6 Å². The molecule has 0 saturated heterocycles. The number of carbonyl (C=O) groups excluding carboxylic acids is 4. The molecule has 7 heteroatoms. The number of fused-ring (bicyclic) bond motifs is 14. The molecule has 3 atom stereocenters. The lowest BCUT2D eigenvalue weighted by Gasteiger charge is -2.25. The van der Waals surface area contributed by atoms with E-state index in [9.17, 15) is 19.2 Å². The second-order valence-corrected chi connectivity index (χ2v) is 9.40. The second kappa shape index (κ2) is 12.3. The molecular weight excluding hydrogens is 432 g/mol. The van der Waals surface area contributed by atoms with E-state index in [1.165, 1.54) is 0 Å². The summed E-state index contributed by atoms with van der Waals surface area (Å²) < 4.78 is 5.79. The Kier molecular flexibility index (Phi) is 9.19. The van der Waals surface area contributed by atoms with Crippen LogP contribution in [-0.4, -0.2) is 41.4 Å². The predicted molar refractivity (Wildman–Crippen MR) is 129 cm³/mol. The van der Waals surface area contributed by atoms with Crippen LogP contribution in [0.5, 0.6) is 5.75 Å². The van der Waals surface area contributed by atoms with Crippen LogP contribution in [0.4, 0.5) is 0 Å². The van der Waals surface area contributed by atoms with Crippen LogP contribution < -0.4 is 10.1 Å². The average Bonchev–Trinajstić information content (AvgIpc) is 3.36. The fourth-order valence-corrected chi connectivity index (χ4v) is 4.29. The number of hydrogen-bond donors (Lipinski definition) is 2. The van der Waals surface area contributed by atoms with Crippen molar-refractivity contribution < 1.29 is 23.9 Å². The van der Waals surface area contributed by atoms with Gasteiger partial charge in [-0.2, -0.15) is 0 Å². The normalized spacial score (nSPS) is 22.6. The quantitative estimate of drug-likeness (QED) is 0.513. The molecule has 0 aliphatic carbocycles. The number of ether oxygens (including phenoxy) is 1. The van der Waals surface area contributed by atoms with Crippen LogP contribution in [0.3, 0.4) is 0 Å². The highest BCUT2D eigenvalue weighted by atomic mass is 16.5. The second-order valence-electron chi connectivity index (χ2n) is 9.40. The summed E-state index contributed by atoms with van der Waals surface area (Å²) in [6.07, 6.45) is 5.13. The van der Waals surface area contributed by atoms with Gasteiger partial charge in [-0.1, -0.05) is 26.0 Å². The Balaban J connectivity index is 1.86. The average molecular weight is 467 g/mol. The van der Waals surface area contributed by atoms with Crippen LogP contribution >= 0.6 is 0 Å². The SMILES string of the molecule is CC(C)[C@@H]1NC(=O)[C@@H](CC(=O)c2ccc[nH]2)Cc2ccc(cc2)OCCCC[C@@H](C=O)CC1=O. The van der Waals surface area contributed by atoms with Crippen LogP contribution in [0, 0.1) is 17.8 Å². The zero-order chi connectivity index (χ0) is 24.5. The first-order chi connectivity index (χ1) is 16.4. The monoisotopic (exact) mass is 466 g/mol. The van der Waals surface area contributed by atoms with Crippen molar-refractivity contribution in [3.8, 4) is 5.75 Å². The molecule has 2 aliphatic heterocycles. The number of ketones is 2. The first kappa shape index (κ1) is 25.4. The molecule has 34 heavy (non-hydrogen) atoms. The van der Waals surface area contributed by atoms with E-state index < -0.39 is 12.0 Å². The van der Waals surface area contributed by atoms with E-state index in [-0.39, 0.29) is 42.2 Å². The number of aromatic nitrogens is 1. The summed E-state index contributed by atoms with van der Waals surface area (Å²) in [4.78, 5) is 53.7. The molecule has 4 rings (SSSR count). The summed E-state index contributed by atoms with van der Waals surface area (Å²) in [5.74, 6) is -1.08. The number of rotatable bonds is 5. The third-order valence-corrected chi connectivity index (χ3v) is 6.31. The van der Waals surface area contributed by atoms with E-state index in [1.807, 2.05) is 38.1 Å². The molecule has 0 fully saturated rings. The molecule has 0 radical (unpaired) electrons. The maximum Gasteiger partial charge on any atom is 0.224 e. The fraction of sp³-hybridized carbons (Fsp3) is 0.481. The molecule has 182 valence electrons. The molecule has 0 spiro atoms. The third kappa shape index (κ3) is 7.14. The number of Topliss-reactive ketones (excluding diaryl/α,β-unsaturated/α-hetero) is 2. The van der Waals surface area contributed by atoms with Crippen molar-refractivity contribution in [3.63, 3.8) is 0 Å². The van der Waals surface area contributed by atoms with Crippen LogP contribution in [0.2, 0.25) is 0 Å². The number of aldehydes is 1. The molecule has 1 aromatic carbocycles. The Labute approximate surface area is 200 Å². The molecule has 3 heterocycles. The smallest absolute Gasteiger partial charge is 0.224 e. The molecular formula is C27H34N2O5. The van der Waals surface area contributed by atoms with Gasteiger partial charge in [-0.15, -0.1) is 0 Å². The zero-order valence-corrected chi connectivity index (χ0v) is 19.9. The summed E-state index contributed by atoms with van der Waals surface area (Å²) >= 11 is 0. The Hall–Kier alpha value is -3.22. The van der Waals surface area contributed by atoms with Gasteiger partial charge in [0.2, 0.25) is 5.91 Å². The summed E-state index contributed by atoms with van der Waals surface area (Å²) in [6.45, 7) is 4.27. The molecule has 2 aromatic rings. The predicted octanol–water partition coefficient (Wildman–Crippen LogP) is 3.92. The number of amides is 1. The topological polar surface area (TPSA) is 105 Å². The summed E-state index contributed by atoms with van der Waals surface area (Å²) in [7, 11) is 0. The van der Waals surface area contributed by atoms with Gasteiger partial charge in [0.25, 0.3) is 0 Å². The Morgan fingerprint density at radius 3 is 2.53 bits per heavy atom. The molecule has 0 unspecified atom stereocenters. The Morgan fingerprint density at radius 2 is 1.88 bits per heavy atom. The van der Waals surface area contributed by atoms with E-state index in [0.29, 0.717) is 25.1 Å². The minimum Gasteiger partial charge on any atom is -0.494 e. The number of H-pyrrole nitrogens is 1. The van der Waals surface area contributed by atoms with Gasteiger partial charge in [0.15, 0.2) is 11.6 Å². The molecule has 2 aliphatic rings. The number of nitrogens with one attached hydrogen (secondary N) is 2. The highest BCUT2D eigenvalue weighted by Crippen LogP contribution is 2.21. The number of carbonyl (C=O) groups is 4. The molecule has 1 aromatic heterocycles. The van der Waals surface area contributed by atoms with Gasteiger partial charge in [0.1, 0.15) is 12.0 Å². The van der Waals surface area contributed by atoms with E-state index in [2.05, 4.69) is 10.3 Å². The van der Waals surface area contributed by atoms with Crippen molar-refractivity contribution >= 4 is 23.8 Å². The lowest BCUT2D eigenvalue weighted by atomic mass is 9.88. The van der Waals surface area contributed by atoms with Crippen LogP contribution in [0.25, 0.3) is 0 Å². The highest BCUT2D eigenvalue weighted by Gasteiger charge is 2.30. The van der Waals surface area contributed by atoms with Gasteiger partial charge < -0.3 is 19.8 Å². The number of hydrogen-bond acceptors (Lipinski definition) is 5. The van der Waals surface area contributed by atoms with Gasteiger partial charge in [0, 0.05) is 30.9 Å². The minimum absolute atomic E-state index is 0.0145. The largest absolute Gasteiger partial charge is 0.494 e. The zero-order valence-electron chi connectivity index (χ0n) is 19.9. The van der Waals surface area contributed by atoms with Crippen LogP contribution in [0.1, 0.15) is 62.0 Å². The minimum atomic E-state index is -0.709. The lowest BCUT2D eigenvalue weighted by Crippen LogP contribution is -2.47. The number of aromatic amines is 1. The molecule has 2 bridgehead atoms. The summed E-state index contributed by atoms with van der Waals surface area (Å²) in [6, 6.07) is 10.3. The first-order valence-electron chi connectivity index (χ1n) is 12.0. The van der Waals surface area contributed by atoms with E-state index in [1.54, 1.807) is 18.3 Å². The van der Waals surface area contributed by atoms with Gasteiger partial charge in [-0.25, -0.2) is 0 Å². The third-order valence-electron chi connectivity index (χ3n) is 6.31. The van der Waals surface area contributed by atoms with Crippen molar-refractivity contribution in [2.75, 3.05) is 6.61 Å². The number of benzene rings is 1. The van der Waals surface area contributed by atoms with Crippen molar-refractivity contribution in [1.82, 2.24) is 10.3 Å².